The lowest BCUT2D eigenvalue weighted by molar-refractivity contribution is -0.140. The van der Waals surface area contributed by atoms with Gasteiger partial charge in [0.25, 0.3) is 5.91 Å². The number of primary amides is 1. The zero-order valence-corrected chi connectivity index (χ0v) is 30.0. The van der Waals surface area contributed by atoms with Crippen molar-refractivity contribution in [3.05, 3.63) is 102 Å². The SMILES string of the molecule is CC(C)c1c(C(=O)N(c2ccccc2)[C@H](C(N)=O)[C@@H](O)C[C@@H](O)CC(=O)O)c(-c2ccccc2)c(-c2ccc(F)cc2)n1CC[C@@H](O)C[C@@H](O)CC(=O)O. The summed E-state index contributed by atoms with van der Waals surface area (Å²) in [4.78, 5) is 52.2. The van der Waals surface area contributed by atoms with Crippen molar-refractivity contribution in [2.75, 3.05) is 4.90 Å². The van der Waals surface area contributed by atoms with Crippen LogP contribution in [0.25, 0.3) is 22.4 Å². The van der Waals surface area contributed by atoms with Crippen LogP contribution in [-0.2, 0) is 20.9 Å². The number of nitrogens with two attached hydrogens (primary N) is 1. The highest BCUT2D eigenvalue weighted by Crippen LogP contribution is 2.44. The van der Waals surface area contributed by atoms with E-state index in [1.54, 1.807) is 53.1 Å². The van der Waals surface area contributed by atoms with E-state index in [1.165, 1.54) is 36.4 Å². The van der Waals surface area contributed by atoms with E-state index in [0.717, 1.165) is 4.90 Å². The lowest BCUT2D eigenvalue weighted by Crippen LogP contribution is -2.55. The highest BCUT2D eigenvalue weighted by Gasteiger charge is 2.41. The van der Waals surface area contributed by atoms with Crippen LogP contribution in [0.15, 0.2) is 84.9 Å². The van der Waals surface area contributed by atoms with Crippen LogP contribution in [0.5, 0.6) is 0 Å². The van der Waals surface area contributed by atoms with Crippen LogP contribution in [0.4, 0.5) is 10.1 Å². The van der Waals surface area contributed by atoms with Gasteiger partial charge in [0, 0.05) is 29.9 Å². The number of amides is 2. The summed E-state index contributed by atoms with van der Waals surface area (Å²) in [5, 5.41) is 61.3. The molecule has 2 amide bonds. The molecule has 54 heavy (non-hydrogen) atoms. The Hall–Kier alpha value is -5.41. The number of aliphatic hydroxyl groups excluding tert-OH is 4. The molecule has 0 saturated carbocycles. The van der Waals surface area contributed by atoms with E-state index < -0.39 is 85.2 Å². The fraction of sp³-hybridized carbons (Fsp3) is 0.350. The molecule has 4 aromatic rings. The maximum absolute atomic E-state index is 15.5. The Balaban J connectivity index is 2.03. The molecule has 13 nitrogen and oxygen atoms in total. The van der Waals surface area contributed by atoms with Crippen molar-refractivity contribution >= 4 is 29.4 Å². The van der Waals surface area contributed by atoms with E-state index >= 15 is 4.79 Å². The number of carbonyl (C=O) groups excluding carboxylic acids is 2. The Labute approximate surface area is 311 Å². The monoisotopic (exact) mass is 747 g/mol. The molecule has 0 aliphatic heterocycles. The van der Waals surface area contributed by atoms with E-state index in [4.69, 9.17) is 10.8 Å². The third-order valence-electron chi connectivity index (χ3n) is 9.00. The van der Waals surface area contributed by atoms with Crippen molar-refractivity contribution < 1.29 is 54.2 Å². The zero-order chi connectivity index (χ0) is 39.7. The van der Waals surface area contributed by atoms with E-state index in [1.807, 2.05) is 13.8 Å². The highest BCUT2D eigenvalue weighted by molar-refractivity contribution is 6.16. The first kappa shape index (κ1) is 41.3. The minimum atomic E-state index is -1.81. The first-order valence-corrected chi connectivity index (χ1v) is 17.5. The summed E-state index contributed by atoms with van der Waals surface area (Å²) in [6, 6.07) is 20.6. The standard InChI is InChI=1S/C40H46FN3O10/c1-23(2)36-35(40(54)44(27-11-7-4-8-12-27)38(39(42)53)31(48)20-30(47)22-33(51)52)34(24-9-5-3-6-10-24)37(25-13-15-26(41)16-14-25)43(36)18-17-28(45)19-29(46)21-32(49)50/h3-16,23,28-31,38,45-48H,17-22H2,1-2H3,(H2,42,53)(H,49,50)(H,51,52)/t28-,29-,30-,31+,38+/m1/s1. The van der Waals surface area contributed by atoms with Gasteiger partial charge in [-0.2, -0.15) is 0 Å². The van der Waals surface area contributed by atoms with Gasteiger partial charge in [-0.3, -0.25) is 24.1 Å². The second-order valence-corrected chi connectivity index (χ2v) is 13.5. The number of rotatable bonds is 19. The van der Waals surface area contributed by atoms with Gasteiger partial charge in [0.05, 0.1) is 48.5 Å². The Kier molecular flexibility index (Phi) is 14.2. The van der Waals surface area contributed by atoms with E-state index in [0.29, 0.717) is 28.1 Å². The fourth-order valence-corrected chi connectivity index (χ4v) is 6.77. The van der Waals surface area contributed by atoms with Crippen molar-refractivity contribution in [2.24, 2.45) is 5.73 Å². The van der Waals surface area contributed by atoms with Crippen LogP contribution in [0.1, 0.15) is 67.9 Å². The van der Waals surface area contributed by atoms with Crippen LogP contribution in [-0.4, -0.2) is 89.4 Å². The van der Waals surface area contributed by atoms with Gasteiger partial charge in [-0.25, -0.2) is 4.39 Å². The Morgan fingerprint density at radius 2 is 1.28 bits per heavy atom. The van der Waals surface area contributed by atoms with Crippen molar-refractivity contribution in [1.29, 1.82) is 0 Å². The number of carbonyl (C=O) groups is 4. The van der Waals surface area contributed by atoms with E-state index in [2.05, 4.69) is 0 Å². The van der Waals surface area contributed by atoms with Crippen LogP contribution in [0.2, 0.25) is 0 Å². The number of benzene rings is 3. The molecule has 5 atom stereocenters. The molecule has 3 aromatic carbocycles. The maximum Gasteiger partial charge on any atom is 0.305 e. The number of anilines is 1. The van der Waals surface area contributed by atoms with Gasteiger partial charge in [-0.05, 0) is 66.3 Å². The number of halogens is 1. The molecule has 288 valence electrons. The molecule has 0 bridgehead atoms. The third-order valence-corrected chi connectivity index (χ3v) is 9.00. The van der Waals surface area contributed by atoms with Crippen molar-refractivity contribution in [3.63, 3.8) is 0 Å². The number of nitrogens with zero attached hydrogens (tertiary/aromatic N) is 2. The van der Waals surface area contributed by atoms with Crippen LogP contribution >= 0.6 is 0 Å². The minimum absolute atomic E-state index is 0.00756. The Morgan fingerprint density at radius 3 is 1.80 bits per heavy atom. The molecule has 0 aliphatic rings. The quantitative estimate of drug-likeness (QED) is 0.0726. The average molecular weight is 748 g/mol. The first-order valence-electron chi connectivity index (χ1n) is 17.5. The molecule has 0 saturated heterocycles. The summed E-state index contributed by atoms with van der Waals surface area (Å²) < 4.78 is 16.1. The molecule has 0 radical (unpaired) electrons. The van der Waals surface area contributed by atoms with Gasteiger partial charge in [-0.1, -0.05) is 62.4 Å². The normalized spacial score (nSPS) is 14.2. The minimum Gasteiger partial charge on any atom is -0.481 e. The number of para-hydroxylation sites is 1. The van der Waals surface area contributed by atoms with Crippen LogP contribution < -0.4 is 10.6 Å². The number of carboxylic acid groups (broad SMARTS) is 2. The van der Waals surface area contributed by atoms with E-state index in [9.17, 15) is 44.3 Å². The molecule has 8 N–H and O–H groups in total. The van der Waals surface area contributed by atoms with E-state index in [-0.39, 0.29) is 30.6 Å². The second kappa shape index (κ2) is 18.6. The predicted molar refractivity (Wildman–Crippen MR) is 198 cm³/mol. The third kappa shape index (κ3) is 10.2. The number of carboxylic acids is 2. The Bertz CT molecular complexity index is 1900. The summed E-state index contributed by atoms with van der Waals surface area (Å²) in [6.07, 6.45) is -7.99. The fourth-order valence-electron chi connectivity index (χ4n) is 6.77. The van der Waals surface area contributed by atoms with Crippen LogP contribution in [0.3, 0.4) is 0 Å². The smallest absolute Gasteiger partial charge is 0.305 e. The molecule has 1 heterocycles. The van der Waals surface area contributed by atoms with Gasteiger partial charge in [0.1, 0.15) is 11.9 Å². The lowest BCUT2D eigenvalue weighted by Gasteiger charge is -2.34. The molecular formula is C40H46FN3O10. The number of hydrogen-bond acceptors (Lipinski definition) is 8. The van der Waals surface area contributed by atoms with Gasteiger partial charge >= 0.3 is 11.9 Å². The Morgan fingerprint density at radius 1 is 0.741 bits per heavy atom. The molecular weight excluding hydrogens is 701 g/mol. The van der Waals surface area contributed by atoms with Crippen molar-refractivity contribution in [3.8, 4) is 22.4 Å². The van der Waals surface area contributed by atoms with Gasteiger partial charge in [0.15, 0.2) is 0 Å². The summed E-state index contributed by atoms with van der Waals surface area (Å²) in [6.45, 7) is 3.70. The van der Waals surface area contributed by atoms with Gasteiger partial charge in [-0.15, -0.1) is 0 Å². The molecule has 1 aromatic heterocycles. The summed E-state index contributed by atoms with van der Waals surface area (Å²) >= 11 is 0. The topological polar surface area (TPSA) is 224 Å². The molecule has 4 rings (SSSR count). The molecule has 0 unspecified atom stereocenters. The molecule has 0 aliphatic carbocycles. The van der Waals surface area contributed by atoms with Crippen molar-refractivity contribution in [2.45, 2.75) is 88.9 Å². The second-order valence-electron chi connectivity index (χ2n) is 13.5. The molecule has 0 fully saturated rings. The number of aliphatic hydroxyl groups is 4. The summed E-state index contributed by atoms with van der Waals surface area (Å²) in [5.74, 6) is -5.42. The summed E-state index contributed by atoms with van der Waals surface area (Å²) in [5.41, 5.74) is 8.44. The maximum atomic E-state index is 15.5. The van der Waals surface area contributed by atoms with Gasteiger partial charge in [0.2, 0.25) is 5.91 Å². The number of aromatic nitrogens is 1. The number of hydrogen-bond donors (Lipinski definition) is 7. The lowest BCUT2D eigenvalue weighted by atomic mass is 9.92. The first-order chi connectivity index (χ1) is 25.6. The zero-order valence-electron chi connectivity index (χ0n) is 30.0. The number of aliphatic carboxylic acids is 2. The average Bonchev–Trinajstić information content (AvgIpc) is 3.45. The van der Waals surface area contributed by atoms with Crippen LogP contribution in [0, 0.1) is 5.82 Å². The summed E-state index contributed by atoms with van der Waals surface area (Å²) in [7, 11) is 0. The molecule has 14 heteroatoms. The van der Waals surface area contributed by atoms with Crippen molar-refractivity contribution in [1.82, 2.24) is 4.57 Å². The predicted octanol–water partition coefficient (Wildman–Crippen LogP) is 4.15. The largest absolute Gasteiger partial charge is 0.481 e. The van der Waals surface area contributed by atoms with Gasteiger partial charge < -0.3 is 40.9 Å². The molecule has 0 spiro atoms. The highest BCUT2D eigenvalue weighted by atomic mass is 19.1.